The van der Waals surface area contributed by atoms with Gasteiger partial charge in [-0.3, -0.25) is 9.05 Å². The molecule has 0 radical (unpaired) electrons. The van der Waals surface area contributed by atoms with Crippen molar-refractivity contribution in [3.63, 3.8) is 0 Å². The van der Waals surface area contributed by atoms with Crippen molar-refractivity contribution in [2.24, 2.45) is 5.92 Å². The molecule has 0 amide bonds. The molecule has 0 saturated carbocycles. The highest BCUT2D eigenvalue weighted by molar-refractivity contribution is 7.51. The summed E-state index contributed by atoms with van der Waals surface area (Å²) in [5.74, 6) is 0.702. The van der Waals surface area contributed by atoms with Gasteiger partial charge in [-0.05, 0) is 51.8 Å². The summed E-state index contributed by atoms with van der Waals surface area (Å²) in [6, 6.07) is 5.19. The maximum Gasteiger partial charge on any atom is 0.406 e. The first-order valence-electron chi connectivity index (χ1n) is 10.3. The molecule has 1 N–H and O–H groups in total. The zero-order valence-corrected chi connectivity index (χ0v) is 21.3. The molecule has 0 aliphatic carbocycles. The molecule has 10 heteroatoms. The van der Waals surface area contributed by atoms with Crippen molar-refractivity contribution in [2.75, 3.05) is 47.2 Å². The second-order valence-electron chi connectivity index (χ2n) is 8.00. The van der Waals surface area contributed by atoms with E-state index in [4.69, 9.17) is 39.6 Å². The minimum atomic E-state index is -3.53. The monoisotopic (exact) mass is 481 g/mol. The van der Waals surface area contributed by atoms with Crippen LogP contribution in [-0.4, -0.2) is 52.8 Å². The quantitative estimate of drug-likeness (QED) is 0.207. The lowest BCUT2D eigenvalue weighted by atomic mass is 10.2. The fourth-order valence-corrected chi connectivity index (χ4v) is 4.61. The third-order valence-electron chi connectivity index (χ3n) is 3.90. The van der Waals surface area contributed by atoms with Crippen LogP contribution >= 0.6 is 19.3 Å². The van der Waals surface area contributed by atoms with E-state index in [1.165, 1.54) is 14.2 Å². The van der Waals surface area contributed by atoms with Gasteiger partial charge in [0.25, 0.3) is 0 Å². The minimum Gasteiger partial charge on any atom is -0.491 e. The van der Waals surface area contributed by atoms with Crippen molar-refractivity contribution >= 4 is 19.3 Å². The van der Waals surface area contributed by atoms with Gasteiger partial charge in [0, 0.05) is 32.9 Å². The van der Waals surface area contributed by atoms with Gasteiger partial charge in [-0.2, -0.15) is 0 Å². The normalized spacial score (nSPS) is 15.1. The number of rotatable bonds is 15. The molecule has 0 aliphatic rings. The molecule has 180 valence electrons. The molecule has 2 unspecified atom stereocenters. The molecule has 0 heterocycles. The number of hydrogen-bond acceptors (Lipinski definition) is 7. The molecular weight excluding hydrogens is 445 g/mol. The van der Waals surface area contributed by atoms with Crippen molar-refractivity contribution in [3.8, 4) is 5.75 Å². The standard InChI is InChI=1S/C21H37ClNO7P/c1-8-27-15-16(2)14-23-31(24,30-21(3,4)5)29-12-11-28-17-9-10-18(19(22)13-17)20(25-6)26-7/h9-10,13,16,20H,8,11-12,14-15H2,1-7H3,(H,23,24). The number of hydrogen-bond donors (Lipinski definition) is 1. The molecule has 31 heavy (non-hydrogen) atoms. The highest BCUT2D eigenvalue weighted by Crippen LogP contribution is 2.47. The Morgan fingerprint density at radius 2 is 1.84 bits per heavy atom. The van der Waals surface area contributed by atoms with Crippen LogP contribution in [-0.2, 0) is 27.8 Å². The van der Waals surface area contributed by atoms with E-state index >= 15 is 0 Å². The third kappa shape index (κ3) is 11.1. The van der Waals surface area contributed by atoms with E-state index in [0.29, 0.717) is 36.1 Å². The number of ether oxygens (including phenoxy) is 4. The molecule has 0 aromatic heterocycles. The highest BCUT2D eigenvalue weighted by Gasteiger charge is 2.31. The van der Waals surface area contributed by atoms with Crippen molar-refractivity contribution in [1.29, 1.82) is 0 Å². The van der Waals surface area contributed by atoms with E-state index in [2.05, 4.69) is 5.09 Å². The first-order chi connectivity index (χ1) is 14.5. The molecule has 1 aromatic carbocycles. The van der Waals surface area contributed by atoms with Crippen LogP contribution in [0.3, 0.4) is 0 Å². The van der Waals surface area contributed by atoms with Crippen LogP contribution in [0.5, 0.6) is 5.75 Å². The molecule has 0 saturated heterocycles. The van der Waals surface area contributed by atoms with Gasteiger partial charge in [0.05, 0.1) is 23.8 Å². The van der Waals surface area contributed by atoms with Gasteiger partial charge in [0.2, 0.25) is 0 Å². The maximum absolute atomic E-state index is 13.2. The third-order valence-corrected chi connectivity index (χ3v) is 6.11. The summed E-state index contributed by atoms with van der Waals surface area (Å²) in [4.78, 5) is 0. The molecule has 2 atom stereocenters. The van der Waals surface area contributed by atoms with Gasteiger partial charge in [-0.1, -0.05) is 18.5 Å². The van der Waals surface area contributed by atoms with Gasteiger partial charge in [0.15, 0.2) is 6.29 Å². The van der Waals surface area contributed by atoms with Crippen molar-refractivity contribution in [3.05, 3.63) is 28.8 Å². The molecule has 0 spiro atoms. The van der Waals surface area contributed by atoms with Crippen LogP contribution < -0.4 is 9.82 Å². The highest BCUT2D eigenvalue weighted by atomic mass is 35.5. The molecule has 1 aromatic rings. The second kappa shape index (κ2) is 13.8. The summed E-state index contributed by atoms with van der Waals surface area (Å²) >= 11 is 6.29. The van der Waals surface area contributed by atoms with Crippen LogP contribution in [0, 0.1) is 5.92 Å². The lowest BCUT2D eigenvalue weighted by Gasteiger charge is -2.28. The van der Waals surface area contributed by atoms with Crippen LogP contribution in [0.25, 0.3) is 0 Å². The minimum absolute atomic E-state index is 0.0678. The van der Waals surface area contributed by atoms with E-state index in [1.54, 1.807) is 18.2 Å². The number of benzene rings is 1. The van der Waals surface area contributed by atoms with Crippen LogP contribution in [0.1, 0.15) is 46.5 Å². The Hall–Kier alpha value is -0.700. The zero-order chi connectivity index (χ0) is 23.5. The Labute approximate surface area is 191 Å². The Morgan fingerprint density at radius 1 is 1.16 bits per heavy atom. The fraction of sp³-hybridized carbons (Fsp3) is 0.714. The maximum atomic E-state index is 13.2. The van der Waals surface area contributed by atoms with E-state index < -0.39 is 19.6 Å². The van der Waals surface area contributed by atoms with E-state index in [1.807, 2.05) is 34.6 Å². The van der Waals surface area contributed by atoms with Crippen molar-refractivity contribution in [2.45, 2.75) is 46.5 Å². The lowest BCUT2D eigenvalue weighted by Crippen LogP contribution is -2.29. The van der Waals surface area contributed by atoms with Gasteiger partial charge in [0.1, 0.15) is 12.4 Å². The first-order valence-corrected chi connectivity index (χ1v) is 12.2. The molecule has 0 bridgehead atoms. The Balaban J connectivity index is 2.63. The topological polar surface area (TPSA) is 84.5 Å². The Morgan fingerprint density at radius 3 is 2.39 bits per heavy atom. The average molecular weight is 482 g/mol. The fourth-order valence-electron chi connectivity index (χ4n) is 2.57. The summed E-state index contributed by atoms with van der Waals surface area (Å²) in [5.41, 5.74) is 0.0542. The molecule has 1 rings (SSSR count). The Kier molecular flexibility index (Phi) is 12.6. The molecular formula is C21H37ClNO7P. The van der Waals surface area contributed by atoms with Gasteiger partial charge in [-0.25, -0.2) is 9.65 Å². The SMILES string of the molecule is CCOCC(C)CNP(=O)(OCCOc1ccc(C(OC)OC)c(Cl)c1)OC(C)(C)C. The summed E-state index contributed by atoms with van der Waals surface area (Å²) in [5, 5.41) is 3.39. The summed E-state index contributed by atoms with van der Waals surface area (Å²) in [6.07, 6.45) is -0.554. The average Bonchev–Trinajstić information content (AvgIpc) is 2.69. The summed E-state index contributed by atoms with van der Waals surface area (Å²) in [6.45, 7) is 11.3. The summed E-state index contributed by atoms with van der Waals surface area (Å²) in [7, 11) is -0.457. The Bertz CT molecular complexity index is 695. The number of methoxy groups -OCH3 is 2. The molecule has 0 aliphatic heterocycles. The second-order valence-corrected chi connectivity index (χ2v) is 10.2. The smallest absolute Gasteiger partial charge is 0.406 e. The first kappa shape index (κ1) is 28.3. The van der Waals surface area contributed by atoms with Crippen LogP contribution in [0.2, 0.25) is 5.02 Å². The molecule has 8 nitrogen and oxygen atoms in total. The summed E-state index contributed by atoms with van der Waals surface area (Å²) < 4.78 is 46.0. The zero-order valence-electron chi connectivity index (χ0n) is 19.6. The largest absolute Gasteiger partial charge is 0.491 e. The predicted molar refractivity (Wildman–Crippen MR) is 122 cm³/mol. The van der Waals surface area contributed by atoms with Crippen LogP contribution in [0.15, 0.2) is 18.2 Å². The van der Waals surface area contributed by atoms with Gasteiger partial charge < -0.3 is 18.9 Å². The predicted octanol–water partition coefficient (Wildman–Crippen LogP) is 5.21. The van der Waals surface area contributed by atoms with Crippen molar-refractivity contribution in [1.82, 2.24) is 5.09 Å². The number of halogens is 1. The molecule has 0 fully saturated rings. The van der Waals surface area contributed by atoms with E-state index in [-0.39, 0.29) is 19.1 Å². The lowest BCUT2D eigenvalue weighted by molar-refractivity contribution is -0.105. The van der Waals surface area contributed by atoms with Crippen LogP contribution in [0.4, 0.5) is 0 Å². The number of nitrogens with one attached hydrogen (secondary N) is 1. The van der Waals surface area contributed by atoms with E-state index in [9.17, 15) is 4.57 Å². The van der Waals surface area contributed by atoms with Gasteiger partial charge in [-0.15, -0.1) is 0 Å². The van der Waals surface area contributed by atoms with E-state index in [0.717, 1.165) is 0 Å². The van der Waals surface area contributed by atoms with Crippen molar-refractivity contribution < 1.29 is 32.6 Å². The van der Waals surface area contributed by atoms with Gasteiger partial charge >= 0.3 is 7.75 Å².